The normalized spacial score (nSPS) is 15.5. The van der Waals surface area contributed by atoms with Crippen molar-refractivity contribution in [2.75, 3.05) is 26.2 Å². The molecule has 0 spiro atoms. The van der Waals surface area contributed by atoms with Gasteiger partial charge in [-0.1, -0.05) is 92.7 Å². The van der Waals surface area contributed by atoms with Crippen LogP contribution in [0.5, 0.6) is 5.75 Å². The molecular weight excluding hydrogens is 488 g/mol. The molecule has 6 heteroatoms. The fraction of sp³-hybridized carbons (Fsp3) is 0.273. The van der Waals surface area contributed by atoms with Crippen LogP contribution in [0.15, 0.2) is 102 Å². The van der Waals surface area contributed by atoms with Crippen molar-refractivity contribution >= 4 is 17.8 Å². The first-order valence-electron chi connectivity index (χ1n) is 13.5. The second-order valence-corrected chi connectivity index (χ2v) is 9.50. The van der Waals surface area contributed by atoms with Crippen molar-refractivity contribution in [2.45, 2.75) is 32.9 Å². The van der Waals surface area contributed by atoms with E-state index in [-0.39, 0.29) is 5.57 Å². The summed E-state index contributed by atoms with van der Waals surface area (Å²) in [5, 5.41) is 10.9. The van der Waals surface area contributed by atoms with Crippen LogP contribution in [-0.4, -0.2) is 52.8 Å². The summed E-state index contributed by atoms with van der Waals surface area (Å²) in [6, 6.07) is 26.1. The minimum atomic E-state index is -0.706. The lowest BCUT2D eigenvalue weighted by Gasteiger charge is -2.28. The molecule has 1 aliphatic rings. The number of amides is 1. The van der Waals surface area contributed by atoms with Gasteiger partial charge in [-0.3, -0.25) is 9.59 Å². The van der Waals surface area contributed by atoms with Gasteiger partial charge in [0.25, 0.3) is 5.91 Å². The molecular formula is C33H36N2O4. The lowest BCUT2D eigenvalue weighted by molar-refractivity contribution is -0.129. The molecule has 0 aliphatic carbocycles. The molecule has 1 amide bonds. The Bertz CT molecular complexity index is 1310. The highest BCUT2D eigenvalue weighted by Gasteiger charge is 2.42. The molecule has 1 heterocycles. The van der Waals surface area contributed by atoms with Crippen LogP contribution in [0, 0.1) is 0 Å². The van der Waals surface area contributed by atoms with E-state index >= 15 is 0 Å². The molecule has 3 aromatic rings. The van der Waals surface area contributed by atoms with Crippen LogP contribution >= 0.6 is 0 Å². The van der Waals surface area contributed by atoms with Crippen LogP contribution in [0.25, 0.3) is 6.08 Å². The first kappa shape index (κ1) is 27.9. The predicted octanol–water partition coefficient (Wildman–Crippen LogP) is 5.98. The topological polar surface area (TPSA) is 70.1 Å². The van der Waals surface area contributed by atoms with Gasteiger partial charge in [0, 0.05) is 6.54 Å². The van der Waals surface area contributed by atoms with Crippen LogP contribution in [0.4, 0.5) is 0 Å². The number of rotatable bonds is 13. The van der Waals surface area contributed by atoms with Crippen molar-refractivity contribution in [2.24, 2.45) is 0 Å². The summed E-state index contributed by atoms with van der Waals surface area (Å²) in [4.78, 5) is 30.6. The second-order valence-electron chi connectivity index (χ2n) is 9.50. The minimum absolute atomic E-state index is 0.0928. The summed E-state index contributed by atoms with van der Waals surface area (Å²) >= 11 is 0. The van der Waals surface area contributed by atoms with Gasteiger partial charge in [0.15, 0.2) is 11.5 Å². The van der Waals surface area contributed by atoms with Gasteiger partial charge in [-0.25, -0.2) is 0 Å². The molecule has 0 radical (unpaired) electrons. The van der Waals surface area contributed by atoms with Gasteiger partial charge in [0.2, 0.25) is 0 Å². The van der Waals surface area contributed by atoms with Crippen molar-refractivity contribution < 1.29 is 19.4 Å². The van der Waals surface area contributed by atoms with Crippen molar-refractivity contribution in [3.8, 4) is 5.75 Å². The Balaban J connectivity index is 1.62. The highest BCUT2D eigenvalue weighted by molar-refractivity contribution is 6.14. The first-order valence-corrected chi connectivity index (χ1v) is 13.5. The van der Waals surface area contributed by atoms with Gasteiger partial charge in [0.1, 0.15) is 12.4 Å². The molecule has 0 saturated carbocycles. The number of hydrogen-bond acceptors (Lipinski definition) is 5. The Morgan fingerprint density at radius 1 is 0.974 bits per heavy atom. The largest absolute Gasteiger partial charge is 0.503 e. The Hall–Kier alpha value is -4.16. The number of carbonyl (C=O) groups is 2. The predicted molar refractivity (Wildman–Crippen MR) is 154 cm³/mol. The van der Waals surface area contributed by atoms with Gasteiger partial charge in [0.05, 0.1) is 11.6 Å². The summed E-state index contributed by atoms with van der Waals surface area (Å²) in [7, 11) is 0. The fourth-order valence-corrected chi connectivity index (χ4v) is 4.83. The maximum Gasteiger partial charge on any atom is 0.290 e. The number of aliphatic hydroxyl groups excluding tert-OH is 1. The Morgan fingerprint density at radius 3 is 2.36 bits per heavy atom. The molecule has 6 nitrogen and oxygen atoms in total. The standard InChI is InChI=1S/C33H36N2O4/c1-3-34(4-2)21-12-22-35-31(27-17-11-18-28(23-27)39-24-26-15-9-6-10-16-26)30(32(37)33(35)38)29(36)20-19-25-13-7-5-8-14-25/h5-11,13-20,23,31,37H,3-4,12,21-22,24H2,1-2H3. The van der Waals surface area contributed by atoms with E-state index in [1.165, 1.54) is 6.08 Å². The van der Waals surface area contributed by atoms with E-state index in [0.717, 1.165) is 42.7 Å². The van der Waals surface area contributed by atoms with E-state index in [9.17, 15) is 14.7 Å². The van der Waals surface area contributed by atoms with Crippen LogP contribution < -0.4 is 4.74 Å². The summed E-state index contributed by atoms with van der Waals surface area (Å²) in [5.41, 5.74) is 2.71. The van der Waals surface area contributed by atoms with E-state index in [1.807, 2.05) is 84.9 Å². The fourth-order valence-electron chi connectivity index (χ4n) is 4.83. The summed E-state index contributed by atoms with van der Waals surface area (Å²) < 4.78 is 6.04. The van der Waals surface area contributed by atoms with E-state index in [0.29, 0.717) is 18.9 Å². The molecule has 39 heavy (non-hydrogen) atoms. The molecule has 202 valence electrons. The van der Waals surface area contributed by atoms with Gasteiger partial charge in [-0.15, -0.1) is 0 Å². The first-order chi connectivity index (χ1) is 19.0. The number of benzene rings is 3. The number of carbonyl (C=O) groups excluding carboxylic acids is 2. The van der Waals surface area contributed by atoms with Crippen molar-refractivity contribution in [3.63, 3.8) is 0 Å². The average Bonchev–Trinajstić information content (AvgIpc) is 3.23. The number of ketones is 1. The quantitative estimate of drug-likeness (QED) is 0.279. The molecule has 3 aromatic carbocycles. The maximum absolute atomic E-state index is 13.5. The number of nitrogens with zero attached hydrogens (tertiary/aromatic N) is 2. The summed E-state index contributed by atoms with van der Waals surface area (Å²) in [6.07, 6.45) is 3.85. The third-order valence-corrected chi connectivity index (χ3v) is 6.99. The number of ether oxygens (including phenoxy) is 1. The highest BCUT2D eigenvalue weighted by Crippen LogP contribution is 2.39. The SMILES string of the molecule is CCN(CC)CCCN1C(=O)C(O)=C(C(=O)C=Cc2ccccc2)C1c1cccc(OCc2ccccc2)c1. The molecule has 0 aromatic heterocycles. The van der Waals surface area contributed by atoms with Crippen LogP contribution in [0.3, 0.4) is 0 Å². The van der Waals surface area contributed by atoms with Gasteiger partial charge in [-0.2, -0.15) is 0 Å². The summed E-state index contributed by atoms with van der Waals surface area (Å²) in [5.74, 6) is -0.769. The second kappa shape index (κ2) is 13.6. The number of hydrogen-bond donors (Lipinski definition) is 1. The van der Waals surface area contributed by atoms with Gasteiger partial charge < -0.3 is 19.6 Å². The Labute approximate surface area is 230 Å². The smallest absolute Gasteiger partial charge is 0.290 e. The average molecular weight is 525 g/mol. The zero-order valence-electron chi connectivity index (χ0n) is 22.6. The van der Waals surface area contributed by atoms with E-state index < -0.39 is 23.5 Å². The van der Waals surface area contributed by atoms with Crippen molar-refractivity contribution in [3.05, 3.63) is 119 Å². The lowest BCUT2D eigenvalue weighted by Crippen LogP contribution is -2.34. The van der Waals surface area contributed by atoms with E-state index in [2.05, 4.69) is 18.7 Å². The lowest BCUT2D eigenvalue weighted by atomic mass is 9.95. The molecule has 1 aliphatic heterocycles. The summed E-state index contributed by atoms with van der Waals surface area (Å²) in [6.45, 7) is 7.70. The molecule has 1 N–H and O–H groups in total. The molecule has 0 saturated heterocycles. The molecule has 1 unspecified atom stereocenters. The molecule has 4 rings (SSSR count). The van der Waals surface area contributed by atoms with Crippen LogP contribution in [0.2, 0.25) is 0 Å². The van der Waals surface area contributed by atoms with Gasteiger partial charge in [-0.05, 0) is 61.0 Å². The highest BCUT2D eigenvalue weighted by atomic mass is 16.5. The van der Waals surface area contributed by atoms with E-state index in [1.54, 1.807) is 11.0 Å². The van der Waals surface area contributed by atoms with Crippen LogP contribution in [0.1, 0.15) is 43.0 Å². The van der Waals surface area contributed by atoms with Crippen molar-refractivity contribution in [1.29, 1.82) is 0 Å². The minimum Gasteiger partial charge on any atom is -0.503 e. The third-order valence-electron chi connectivity index (χ3n) is 6.99. The maximum atomic E-state index is 13.5. The zero-order chi connectivity index (χ0) is 27.6. The third kappa shape index (κ3) is 7.03. The monoisotopic (exact) mass is 524 g/mol. The van der Waals surface area contributed by atoms with Crippen LogP contribution in [-0.2, 0) is 16.2 Å². The number of allylic oxidation sites excluding steroid dienone is 1. The molecule has 0 bridgehead atoms. The van der Waals surface area contributed by atoms with Crippen molar-refractivity contribution in [1.82, 2.24) is 9.80 Å². The zero-order valence-corrected chi connectivity index (χ0v) is 22.6. The van der Waals surface area contributed by atoms with Gasteiger partial charge >= 0.3 is 0 Å². The van der Waals surface area contributed by atoms with E-state index in [4.69, 9.17) is 4.74 Å². The molecule has 0 fully saturated rings. The number of aliphatic hydroxyl groups is 1. The molecule has 1 atom stereocenters. The Kier molecular flexibility index (Phi) is 9.70. The Morgan fingerprint density at radius 2 is 1.67 bits per heavy atom.